The number of nitrogens with zero attached hydrogens (tertiary/aromatic N) is 2. The number of hydrogen-bond acceptors (Lipinski definition) is 6. The second-order valence-electron chi connectivity index (χ2n) is 7.61. The number of aromatic nitrogens is 1. The summed E-state index contributed by atoms with van der Waals surface area (Å²) in [7, 11) is 0. The van der Waals surface area contributed by atoms with Crippen molar-refractivity contribution >= 4 is 29.2 Å². The van der Waals surface area contributed by atoms with E-state index in [9.17, 15) is 22.4 Å². The van der Waals surface area contributed by atoms with Crippen LogP contribution in [0.4, 0.5) is 23.2 Å². The van der Waals surface area contributed by atoms with Gasteiger partial charge in [0.2, 0.25) is 0 Å². The first-order valence-electron chi connectivity index (χ1n) is 9.78. The number of nitrogens with one attached hydrogen (secondary N) is 1. The predicted octanol–water partition coefficient (Wildman–Crippen LogP) is 4.57. The highest BCUT2D eigenvalue weighted by atomic mass is 35.5. The number of carbonyl (C=O) groups excluding carboxylic acids is 1. The summed E-state index contributed by atoms with van der Waals surface area (Å²) in [6.07, 6.45) is 0.416. The highest BCUT2D eigenvalue weighted by molar-refractivity contribution is 6.31. The Kier molecular flexibility index (Phi) is 7.01. The molecule has 0 fully saturated rings. The zero-order valence-electron chi connectivity index (χ0n) is 17.8. The smallest absolute Gasteiger partial charge is 0.387 e. The maximum atomic E-state index is 14.7. The molecule has 33 heavy (non-hydrogen) atoms. The zero-order valence-corrected chi connectivity index (χ0v) is 18.6. The first-order chi connectivity index (χ1) is 15.5. The minimum atomic E-state index is -3.05. The number of amides is 1. The van der Waals surface area contributed by atoms with Crippen molar-refractivity contribution in [3.8, 4) is 5.75 Å². The van der Waals surface area contributed by atoms with Crippen molar-refractivity contribution < 1.29 is 31.8 Å². The molecule has 0 aliphatic carbocycles. The number of hydrogen-bond donors (Lipinski definition) is 2. The summed E-state index contributed by atoms with van der Waals surface area (Å²) in [5.74, 6) is -2.47. The average Bonchev–Trinajstić information content (AvgIpc) is 2.72. The number of carbonyl (C=O) groups is 1. The monoisotopic (exact) mass is 488 g/mol. The van der Waals surface area contributed by atoms with E-state index in [-0.39, 0.29) is 39.3 Å². The van der Waals surface area contributed by atoms with Crippen molar-refractivity contribution in [2.75, 3.05) is 12.0 Å². The summed E-state index contributed by atoms with van der Waals surface area (Å²) in [6, 6.07) is 3.20. The van der Waals surface area contributed by atoms with Crippen molar-refractivity contribution in [2.24, 2.45) is 16.6 Å². The number of alkyl halides is 3. The number of aliphatic imine (C=N–C) groups is 1. The minimum Gasteiger partial charge on any atom is -0.462 e. The molecule has 0 radical (unpaired) electrons. The van der Waals surface area contributed by atoms with Gasteiger partial charge in [-0.25, -0.2) is 18.8 Å². The minimum absolute atomic E-state index is 0.0158. The lowest BCUT2D eigenvalue weighted by Crippen LogP contribution is -2.48. The van der Waals surface area contributed by atoms with E-state index >= 15 is 0 Å². The number of pyridine rings is 1. The maximum absolute atomic E-state index is 14.7. The number of ether oxygens (including phenoxy) is 2. The number of halogens is 5. The Labute approximate surface area is 191 Å². The van der Waals surface area contributed by atoms with Gasteiger partial charge < -0.3 is 20.5 Å². The van der Waals surface area contributed by atoms with Gasteiger partial charge >= 0.3 is 6.61 Å². The lowest BCUT2D eigenvalue weighted by atomic mass is 9.77. The Morgan fingerprint density at radius 1 is 1.36 bits per heavy atom. The first-order valence-corrected chi connectivity index (χ1v) is 10.2. The third-order valence-electron chi connectivity index (χ3n) is 5.52. The Morgan fingerprint density at radius 3 is 2.67 bits per heavy atom. The van der Waals surface area contributed by atoms with E-state index in [0.717, 1.165) is 12.3 Å². The fraction of sp³-hybridized carbons (Fsp3) is 0.381. The van der Waals surface area contributed by atoms with Gasteiger partial charge in [-0.15, -0.1) is 0 Å². The molecule has 3 atom stereocenters. The normalized spacial score (nSPS) is 22.5. The van der Waals surface area contributed by atoms with Crippen molar-refractivity contribution in [1.29, 1.82) is 0 Å². The van der Waals surface area contributed by atoms with Crippen LogP contribution in [0.2, 0.25) is 5.02 Å². The largest absolute Gasteiger partial charge is 0.462 e. The molecule has 2 heterocycles. The van der Waals surface area contributed by atoms with E-state index in [4.69, 9.17) is 22.1 Å². The van der Waals surface area contributed by atoms with Crippen LogP contribution in [0.3, 0.4) is 0 Å². The molecule has 0 bridgehead atoms. The van der Waals surface area contributed by atoms with Crippen LogP contribution in [0.25, 0.3) is 0 Å². The Balaban J connectivity index is 1.98. The molecular weight excluding hydrogens is 468 g/mol. The summed E-state index contributed by atoms with van der Waals surface area (Å²) >= 11 is 6.17. The summed E-state index contributed by atoms with van der Waals surface area (Å²) in [5.41, 5.74) is 4.15. The summed E-state index contributed by atoms with van der Waals surface area (Å²) < 4.78 is 63.4. The molecule has 0 saturated carbocycles. The van der Waals surface area contributed by atoms with Crippen LogP contribution in [0.15, 0.2) is 29.4 Å². The SMILES string of the molecule is Cc1cc(OC(F)F)cnc1C(=O)Nc1cc(F)c(Cl)c([C@]2(CF)N=C(N)OC(C)[C@H]2C)c1. The molecule has 1 amide bonds. The first kappa shape index (κ1) is 24.6. The zero-order chi connectivity index (χ0) is 24.5. The molecule has 1 aliphatic heterocycles. The predicted molar refractivity (Wildman–Crippen MR) is 114 cm³/mol. The van der Waals surface area contributed by atoms with Crippen molar-refractivity contribution in [1.82, 2.24) is 4.98 Å². The summed E-state index contributed by atoms with van der Waals surface area (Å²) in [5, 5.41) is 2.09. The van der Waals surface area contributed by atoms with Gasteiger partial charge in [0.15, 0.2) is 0 Å². The summed E-state index contributed by atoms with van der Waals surface area (Å²) in [4.78, 5) is 20.7. The number of anilines is 1. The highest BCUT2D eigenvalue weighted by Gasteiger charge is 2.47. The van der Waals surface area contributed by atoms with Crippen LogP contribution in [-0.2, 0) is 10.3 Å². The van der Waals surface area contributed by atoms with E-state index < -0.39 is 42.6 Å². The van der Waals surface area contributed by atoms with E-state index in [0.29, 0.717) is 0 Å². The topological polar surface area (TPSA) is 98.8 Å². The molecule has 2 aromatic rings. The van der Waals surface area contributed by atoms with E-state index in [1.807, 2.05) is 0 Å². The van der Waals surface area contributed by atoms with Crippen LogP contribution < -0.4 is 15.8 Å². The lowest BCUT2D eigenvalue weighted by Gasteiger charge is -2.41. The number of rotatable bonds is 6. The van der Waals surface area contributed by atoms with Gasteiger partial charge in [-0.2, -0.15) is 8.78 Å². The van der Waals surface area contributed by atoms with Crippen LogP contribution >= 0.6 is 11.6 Å². The van der Waals surface area contributed by atoms with Crippen molar-refractivity contribution in [3.63, 3.8) is 0 Å². The number of amidine groups is 1. The van der Waals surface area contributed by atoms with E-state index in [1.165, 1.54) is 19.1 Å². The third kappa shape index (κ3) is 4.82. The van der Waals surface area contributed by atoms with Crippen molar-refractivity contribution in [2.45, 2.75) is 39.0 Å². The van der Waals surface area contributed by atoms with Crippen molar-refractivity contribution in [3.05, 3.63) is 52.1 Å². The Bertz CT molecular complexity index is 1100. The van der Waals surface area contributed by atoms with Gasteiger partial charge in [-0.05, 0) is 37.6 Å². The second-order valence-corrected chi connectivity index (χ2v) is 7.99. The van der Waals surface area contributed by atoms with Gasteiger partial charge in [0, 0.05) is 17.2 Å². The molecular formula is C21H21ClF4N4O3. The van der Waals surface area contributed by atoms with Crippen LogP contribution in [-0.4, -0.2) is 36.3 Å². The van der Waals surface area contributed by atoms with Crippen LogP contribution in [0, 0.1) is 18.7 Å². The quantitative estimate of drug-likeness (QED) is 0.580. The standard InChI is InChI=1S/C21H21ClF4N4O3/c1-9-4-13(33-19(25)26)7-28-17(9)18(31)29-12-5-14(16(22)15(24)6-12)21(8-23)10(2)11(3)32-20(27)30-21/h4-7,10-11,19H,8H2,1-3H3,(H2,27,30)(H,29,31)/t10-,11?,21-/m1/s1. The molecule has 3 rings (SSSR count). The second kappa shape index (κ2) is 9.42. The molecule has 0 saturated heterocycles. The molecule has 7 nitrogen and oxygen atoms in total. The van der Waals surface area contributed by atoms with Gasteiger partial charge in [0.1, 0.15) is 35.6 Å². The molecule has 1 unspecified atom stereocenters. The molecule has 0 spiro atoms. The number of nitrogens with two attached hydrogens (primary N) is 1. The average molecular weight is 489 g/mol. The molecule has 1 aliphatic rings. The molecule has 178 valence electrons. The highest BCUT2D eigenvalue weighted by Crippen LogP contribution is 2.44. The van der Waals surface area contributed by atoms with Gasteiger partial charge in [0.25, 0.3) is 11.9 Å². The fourth-order valence-electron chi connectivity index (χ4n) is 3.66. The van der Waals surface area contributed by atoms with E-state index in [2.05, 4.69) is 20.0 Å². The van der Waals surface area contributed by atoms with Crippen LogP contribution in [0.5, 0.6) is 5.75 Å². The van der Waals surface area contributed by atoms with E-state index in [1.54, 1.807) is 13.8 Å². The van der Waals surface area contributed by atoms with Gasteiger partial charge in [-0.1, -0.05) is 18.5 Å². The molecule has 3 N–H and O–H groups in total. The molecule has 1 aromatic carbocycles. The van der Waals surface area contributed by atoms with Gasteiger partial charge in [-0.3, -0.25) is 4.79 Å². The number of benzene rings is 1. The van der Waals surface area contributed by atoms with Crippen LogP contribution in [0.1, 0.15) is 35.5 Å². The Morgan fingerprint density at radius 2 is 2.06 bits per heavy atom. The molecule has 1 aromatic heterocycles. The lowest BCUT2D eigenvalue weighted by molar-refractivity contribution is -0.0501. The third-order valence-corrected chi connectivity index (χ3v) is 5.91. The molecule has 12 heteroatoms. The fourth-order valence-corrected chi connectivity index (χ4v) is 3.93. The van der Waals surface area contributed by atoms with Gasteiger partial charge in [0.05, 0.1) is 11.2 Å². The summed E-state index contributed by atoms with van der Waals surface area (Å²) in [6.45, 7) is 0.703. The maximum Gasteiger partial charge on any atom is 0.387 e. The Hall–Kier alpha value is -3.08. The number of aryl methyl sites for hydroxylation is 1.